The van der Waals surface area contributed by atoms with Gasteiger partial charge in [0.05, 0.1) is 11.0 Å². The number of H-pyrrole nitrogens is 1. The van der Waals surface area contributed by atoms with Gasteiger partial charge in [0.25, 0.3) is 0 Å². The largest absolute Gasteiger partial charge is 0.345 e. The second-order valence-corrected chi connectivity index (χ2v) is 3.38. The van der Waals surface area contributed by atoms with E-state index in [0.29, 0.717) is 0 Å². The Morgan fingerprint density at radius 3 is 3.18 bits per heavy atom. The number of hydrogen-bond acceptors (Lipinski definition) is 2. The van der Waals surface area contributed by atoms with Crippen LogP contribution in [-0.4, -0.2) is 9.97 Å². The highest BCUT2D eigenvalue weighted by Gasteiger charge is 2.01. The van der Waals surface area contributed by atoms with Crippen LogP contribution in [0.5, 0.6) is 0 Å². The van der Waals surface area contributed by atoms with Gasteiger partial charge in [-0.1, -0.05) is 6.58 Å². The molecule has 0 radical (unpaired) electrons. The smallest absolute Gasteiger partial charge is 0.120 e. The van der Waals surface area contributed by atoms with Gasteiger partial charge in [-0.15, -0.1) is 11.3 Å². The topological polar surface area (TPSA) is 28.7 Å². The predicted molar refractivity (Wildman–Crippen MR) is 48.7 cm³/mol. The lowest BCUT2D eigenvalue weighted by Gasteiger charge is -1.89. The molecule has 0 aliphatic heterocycles. The van der Waals surface area contributed by atoms with Gasteiger partial charge in [-0.25, -0.2) is 4.98 Å². The third-order valence-electron chi connectivity index (χ3n) is 1.58. The molecular weight excluding hydrogens is 156 g/mol. The number of rotatable bonds is 1. The highest BCUT2D eigenvalue weighted by Crippen LogP contribution is 2.21. The average molecular weight is 164 g/mol. The van der Waals surface area contributed by atoms with Gasteiger partial charge < -0.3 is 4.98 Å². The van der Waals surface area contributed by atoms with Crippen LogP contribution in [0.15, 0.2) is 18.2 Å². The molecule has 2 rings (SSSR count). The van der Waals surface area contributed by atoms with E-state index in [4.69, 9.17) is 0 Å². The highest BCUT2D eigenvalue weighted by molar-refractivity contribution is 7.16. The van der Waals surface area contributed by atoms with Crippen molar-refractivity contribution < 1.29 is 0 Å². The van der Waals surface area contributed by atoms with E-state index in [-0.39, 0.29) is 0 Å². The van der Waals surface area contributed by atoms with Gasteiger partial charge in [0, 0.05) is 5.69 Å². The third-order valence-corrected chi connectivity index (χ3v) is 2.34. The number of nitrogens with one attached hydrogen (secondary N) is 1. The number of aromatic nitrogens is 2. The van der Waals surface area contributed by atoms with Crippen molar-refractivity contribution in [1.29, 1.82) is 0 Å². The minimum Gasteiger partial charge on any atom is -0.345 e. The molecule has 11 heavy (non-hydrogen) atoms. The maximum Gasteiger partial charge on any atom is 0.120 e. The van der Waals surface area contributed by atoms with Gasteiger partial charge in [-0.3, -0.25) is 0 Å². The first kappa shape index (κ1) is 6.61. The van der Waals surface area contributed by atoms with Crippen molar-refractivity contribution >= 4 is 27.3 Å². The fraction of sp³-hybridized carbons (Fsp3) is 0.125. The molecule has 0 spiro atoms. The van der Waals surface area contributed by atoms with E-state index in [1.54, 1.807) is 11.3 Å². The molecule has 2 heterocycles. The summed E-state index contributed by atoms with van der Waals surface area (Å²) in [7, 11) is 0. The molecule has 56 valence electrons. The van der Waals surface area contributed by atoms with E-state index in [2.05, 4.69) is 16.5 Å². The fourth-order valence-electron chi connectivity index (χ4n) is 0.976. The Hall–Kier alpha value is -1.09. The molecule has 0 unspecified atom stereocenters. The summed E-state index contributed by atoms with van der Waals surface area (Å²) in [6.07, 6.45) is 0. The fourth-order valence-corrected chi connectivity index (χ4v) is 1.65. The molecule has 0 atom stereocenters. The van der Waals surface area contributed by atoms with Crippen molar-refractivity contribution in [3.63, 3.8) is 0 Å². The van der Waals surface area contributed by atoms with Crippen molar-refractivity contribution in [2.45, 2.75) is 6.92 Å². The molecular formula is C8H8N2S. The maximum atomic E-state index is 4.17. The van der Waals surface area contributed by atoms with E-state index in [9.17, 15) is 0 Å². The average Bonchev–Trinajstić information content (AvgIpc) is 2.40. The molecule has 0 aromatic carbocycles. The lowest BCUT2D eigenvalue weighted by Crippen LogP contribution is -1.73. The molecule has 3 heteroatoms. The van der Waals surface area contributed by atoms with Crippen LogP contribution in [-0.2, 0) is 0 Å². The van der Waals surface area contributed by atoms with Gasteiger partial charge in [0.2, 0.25) is 0 Å². The Kier molecular flexibility index (Phi) is 1.32. The SMILES string of the molecule is C=C(C)c1cc2ncsc2[nH]1. The first-order valence-corrected chi connectivity index (χ1v) is 4.23. The Morgan fingerprint density at radius 2 is 2.55 bits per heavy atom. The zero-order chi connectivity index (χ0) is 7.84. The molecule has 2 aromatic rings. The Balaban J connectivity index is 2.67. The van der Waals surface area contributed by atoms with Gasteiger partial charge in [-0.05, 0) is 18.6 Å². The van der Waals surface area contributed by atoms with Gasteiger partial charge in [0.1, 0.15) is 4.83 Å². The van der Waals surface area contributed by atoms with Crippen molar-refractivity contribution in [3.05, 3.63) is 23.8 Å². The number of aromatic amines is 1. The van der Waals surface area contributed by atoms with Crippen molar-refractivity contribution in [2.75, 3.05) is 0 Å². The first-order chi connectivity index (χ1) is 5.27. The van der Waals surface area contributed by atoms with E-state index >= 15 is 0 Å². The standard InChI is InChI=1S/C8H8N2S/c1-5(2)6-3-7-8(10-6)11-4-9-7/h3-4,10H,1H2,2H3. The minimum atomic E-state index is 1.04. The zero-order valence-corrected chi connectivity index (χ0v) is 7.03. The van der Waals surface area contributed by atoms with Crippen LogP contribution in [0.4, 0.5) is 0 Å². The first-order valence-electron chi connectivity index (χ1n) is 3.35. The van der Waals surface area contributed by atoms with E-state index in [1.165, 1.54) is 0 Å². The van der Waals surface area contributed by atoms with Crippen LogP contribution >= 0.6 is 11.3 Å². The molecule has 0 aliphatic rings. The predicted octanol–water partition coefficient (Wildman–Crippen LogP) is 2.66. The summed E-state index contributed by atoms with van der Waals surface area (Å²) in [5.41, 5.74) is 5.01. The van der Waals surface area contributed by atoms with Crippen molar-refractivity contribution in [2.24, 2.45) is 0 Å². The molecule has 1 N–H and O–H groups in total. The molecule has 0 amide bonds. The van der Waals surface area contributed by atoms with E-state index in [1.807, 2.05) is 18.5 Å². The number of allylic oxidation sites excluding steroid dienone is 1. The van der Waals surface area contributed by atoms with Gasteiger partial charge in [0.15, 0.2) is 0 Å². The van der Waals surface area contributed by atoms with Crippen LogP contribution < -0.4 is 0 Å². The molecule has 2 nitrogen and oxygen atoms in total. The van der Waals surface area contributed by atoms with Crippen molar-refractivity contribution in [3.8, 4) is 0 Å². The summed E-state index contributed by atoms with van der Waals surface area (Å²) in [5, 5.41) is 0. The molecule has 0 fully saturated rings. The summed E-state index contributed by atoms with van der Waals surface area (Å²) in [6, 6.07) is 2.02. The number of fused-ring (bicyclic) bond motifs is 1. The van der Waals surface area contributed by atoms with E-state index in [0.717, 1.165) is 21.6 Å². The Morgan fingerprint density at radius 1 is 1.73 bits per heavy atom. The Bertz CT molecular complexity index is 368. The summed E-state index contributed by atoms with van der Waals surface area (Å²) in [6.45, 7) is 5.83. The maximum absolute atomic E-state index is 4.17. The van der Waals surface area contributed by atoms with Crippen LogP contribution in [0.2, 0.25) is 0 Å². The van der Waals surface area contributed by atoms with Crippen LogP contribution in [0, 0.1) is 0 Å². The molecule has 0 aliphatic carbocycles. The normalized spacial score (nSPS) is 10.6. The lowest BCUT2D eigenvalue weighted by atomic mass is 10.2. The molecule has 0 saturated heterocycles. The summed E-state index contributed by atoms with van der Waals surface area (Å²) < 4.78 is 0. The summed E-state index contributed by atoms with van der Waals surface area (Å²) in [5.74, 6) is 0. The van der Waals surface area contributed by atoms with Gasteiger partial charge >= 0.3 is 0 Å². The monoisotopic (exact) mass is 164 g/mol. The minimum absolute atomic E-state index is 1.04. The van der Waals surface area contributed by atoms with Gasteiger partial charge in [-0.2, -0.15) is 0 Å². The highest BCUT2D eigenvalue weighted by atomic mass is 32.1. The lowest BCUT2D eigenvalue weighted by molar-refractivity contribution is 1.40. The van der Waals surface area contributed by atoms with Crippen LogP contribution in [0.25, 0.3) is 15.9 Å². The molecule has 0 bridgehead atoms. The zero-order valence-electron chi connectivity index (χ0n) is 6.22. The van der Waals surface area contributed by atoms with Crippen molar-refractivity contribution in [1.82, 2.24) is 9.97 Å². The summed E-state index contributed by atoms with van der Waals surface area (Å²) >= 11 is 1.62. The second-order valence-electron chi connectivity index (χ2n) is 2.53. The number of thiazole rings is 1. The molecule has 2 aromatic heterocycles. The second kappa shape index (κ2) is 2.20. The third kappa shape index (κ3) is 0.973. The van der Waals surface area contributed by atoms with E-state index < -0.39 is 0 Å². The number of nitrogens with zero attached hydrogens (tertiary/aromatic N) is 1. The molecule has 0 saturated carbocycles. The van der Waals surface area contributed by atoms with Crippen LogP contribution in [0.1, 0.15) is 12.6 Å². The summed E-state index contributed by atoms with van der Waals surface area (Å²) in [4.78, 5) is 8.53. The Labute approximate surface area is 68.6 Å². The quantitative estimate of drug-likeness (QED) is 0.689. The van der Waals surface area contributed by atoms with Crippen LogP contribution in [0.3, 0.4) is 0 Å². The number of hydrogen-bond donors (Lipinski definition) is 1.